The molecule has 0 atom stereocenters. The number of piperazine rings is 1. The minimum atomic E-state index is 0.443. The van der Waals surface area contributed by atoms with Crippen LogP contribution in [0.1, 0.15) is 5.69 Å². The zero-order chi connectivity index (χ0) is 13.8. The third kappa shape index (κ3) is 3.08. The third-order valence-corrected chi connectivity index (χ3v) is 3.34. The van der Waals surface area contributed by atoms with E-state index in [9.17, 15) is 0 Å². The number of anilines is 1. The predicted molar refractivity (Wildman–Crippen MR) is 76.9 cm³/mol. The van der Waals surface area contributed by atoms with Gasteiger partial charge in [0.15, 0.2) is 0 Å². The molecule has 2 aromatic rings. The Morgan fingerprint density at radius 3 is 2.90 bits per heavy atom. The predicted octanol–water partition coefficient (Wildman–Crippen LogP) is 0.804. The SMILES string of the molecule is Cn1cc(COc2cccc(N3CCNCC3)c2)nn1. The van der Waals surface area contributed by atoms with Crippen molar-refractivity contribution in [3.05, 3.63) is 36.2 Å². The van der Waals surface area contributed by atoms with Crippen LogP contribution in [0.2, 0.25) is 0 Å². The average molecular weight is 273 g/mol. The molecule has 6 heteroatoms. The summed E-state index contributed by atoms with van der Waals surface area (Å²) in [5.41, 5.74) is 2.04. The Morgan fingerprint density at radius 1 is 1.30 bits per heavy atom. The number of aromatic nitrogens is 3. The second-order valence-corrected chi connectivity index (χ2v) is 4.91. The van der Waals surface area contributed by atoms with Crippen LogP contribution in [0.25, 0.3) is 0 Å². The van der Waals surface area contributed by atoms with E-state index in [1.807, 2.05) is 25.4 Å². The molecule has 0 aliphatic carbocycles. The Labute approximate surface area is 118 Å². The zero-order valence-electron chi connectivity index (χ0n) is 11.6. The number of rotatable bonds is 4. The lowest BCUT2D eigenvalue weighted by atomic mass is 10.2. The molecule has 1 aromatic carbocycles. The van der Waals surface area contributed by atoms with Crippen LogP contribution in [0.3, 0.4) is 0 Å². The molecule has 0 spiro atoms. The Kier molecular flexibility index (Phi) is 3.83. The quantitative estimate of drug-likeness (QED) is 0.893. The molecule has 1 N–H and O–H groups in total. The molecule has 0 saturated carbocycles. The van der Waals surface area contributed by atoms with Gasteiger partial charge in [-0.2, -0.15) is 0 Å². The van der Waals surface area contributed by atoms with Crippen molar-refractivity contribution in [3.8, 4) is 5.75 Å². The Bertz CT molecular complexity index is 562. The summed E-state index contributed by atoms with van der Waals surface area (Å²) >= 11 is 0. The third-order valence-electron chi connectivity index (χ3n) is 3.34. The highest BCUT2D eigenvalue weighted by Gasteiger charge is 2.11. The highest BCUT2D eigenvalue weighted by Crippen LogP contribution is 2.22. The van der Waals surface area contributed by atoms with Gasteiger partial charge in [0, 0.05) is 45.0 Å². The van der Waals surface area contributed by atoms with Crippen molar-refractivity contribution in [1.82, 2.24) is 20.3 Å². The van der Waals surface area contributed by atoms with Gasteiger partial charge in [0.25, 0.3) is 0 Å². The van der Waals surface area contributed by atoms with Gasteiger partial charge in [0.05, 0.1) is 6.20 Å². The van der Waals surface area contributed by atoms with Gasteiger partial charge in [-0.1, -0.05) is 11.3 Å². The van der Waals surface area contributed by atoms with Crippen LogP contribution in [-0.4, -0.2) is 41.2 Å². The molecule has 0 radical (unpaired) electrons. The first-order valence-electron chi connectivity index (χ1n) is 6.85. The minimum absolute atomic E-state index is 0.443. The fourth-order valence-electron chi connectivity index (χ4n) is 2.31. The molecule has 1 saturated heterocycles. The summed E-state index contributed by atoms with van der Waals surface area (Å²) in [5.74, 6) is 0.867. The summed E-state index contributed by atoms with van der Waals surface area (Å²) in [5, 5.41) is 11.3. The molecule has 1 aliphatic heterocycles. The van der Waals surface area contributed by atoms with Gasteiger partial charge in [-0.05, 0) is 12.1 Å². The number of ether oxygens (including phenoxy) is 1. The van der Waals surface area contributed by atoms with E-state index in [1.54, 1.807) is 4.68 Å². The van der Waals surface area contributed by atoms with Gasteiger partial charge in [-0.3, -0.25) is 4.68 Å². The standard InChI is InChI=1S/C14H19N5O/c1-18-10-12(16-17-18)11-20-14-4-2-3-13(9-14)19-7-5-15-6-8-19/h2-4,9-10,15H,5-8,11H2,1H3. The normalized spacial score (nSPS) is 15.3. The second kappa shape index (κ2) is 5.92. The lowest BCUT2D eigenvalue weighted by molar-refractivity contribution is 0.301. The summed E-state index contributed by atoms with van der Waals surface area (Å²) < 4.78 is 7.46. The zero-order valence-corrected chi connectivity index (χ0v) is 11.6. The minimum Gasteiger partial charge on any atom is -0.487 e. The van der Waals surface area contributed by atoms with Crippen molar-refractivity contribution in [2.24, 2.45) is 7.05 Å². The average Bonchev–Trinajstić information content (AvgIpc) is 2.92. The van der Waals surface area contributed by atoms with Crippen molar-refractivity contribution in [2.75, 3.05) is 31.1 Å². The van der Waals surface area contributed by atoms with Crippen molar-refractivity contribution in [1.29, 1.82) is 0 Å². The van der Waals surface area contributed by atoms with E-state index in [4.69, 9.17) is 4.74 Å². The number of nitrogens with one attached hydrogen (secondary N) is 1. The van der Waals surface area contributed by atoms with E-state index in [-0.39, 0.29) is 0 Å². The number of nitrogens with zero attached hydrogens (tertiary/aromatic N) is 4. The summed E-state index contributed by atoms with van der Waals surface area (Å²) in [7, 11) is 1.85. The van der Waals surface area contributed by atoms with Crippen molar-refractivity contribution >= 4 is 5.69 Å². The van der Waals surface area contributed by atoms with Gasteiger partial charge in [0.1, 0.15) is 18.1 Å². The molecule has 6 nitrogen and oxygen atoms in total. The maximum atomic E-state index is 5.78. The van der Waals surface area contributed by atoms with Crippen LogP contribution in [0.15, 0.2) is 30.5 Å². The number of hydrogen-bond acceptors (Lipinski definition) is 5. The smallest absolute Gasteiger partial charge is 0.134 e. The van der Waals surface area contributed by atoms with Crippen LogP contribution in [0.4, 0.5) is 5.69 Å². The van der Waals surface area contributed by atoms with E-state index in [1.165, 1.54) is 5.69 Å². The molecule has 2 heterocycles. The highest BCUT2D eigenvalue weighted by atomic mass is 16.5. The monoisotopic (exact) mass is 273 g/mol. The van der Waals surface area contributed by atoms with Crippen LogP contribution in [0, 0.1) is 0 Å². The molecule has 0 bridgehead atoms. The van der Waals surface area contributed by atoms with E-state index >= 15 is 0 Å². The number of benzene rings is 1. The van der Waals surface area contributed by atoms with Gasteiger partial charge >= 0.3 is 0 Å². The summed E-state index contributed by atoms with van der Waals surface area (Å²) in [6.07, 6.45) is 1.86. The Morgan fingerprint density at radius 2 is 2.15 bits per heavy atom. The van der Waals surface area contributed by atoms with Gasteiger partial charge in [-0.25, -0.2) is 0 Å². The number of hydrogen-bond donors (Lipinski definition) is 1. The molecule has 20 heavy (non-hydrogen) atoms. The van der Waals surface area contributed by atoms with Gasteiger partial charge < -0.3 is 15.0 Å². The Hall–Kier alpha value is -2.08. The lowest BCUT2D eigenvalue weighted by Gasteiger charge is -2.29. The first-order valence-corrected chi connectivity index (χ1v) is 6.85. The first kappa shape index (κ1) is 12.9. The van der Waals surface area contributed by atoms with E-state index < -0.39 is 0 Å². The van der Waals surface area contributed by atoms with Crippen LogP contribution < -0.4 is 15.0 Å². The van der Waals surface area contributed by atoms with Crippen LogP contribution >= 0.6 is 0 Å². The summed E-state index contributed by atoms with van der Waals surface area (Å²) in [6.45, 7) is 4.58. The molecule has 3 rings (SSSR count). The molecule has 106 valence electrons. The molecular weight excluding hydrogens is 254 g/mol. The molecule has 1 fully saturated rings. The van der Waals surface area contributed by atoms with Crippen LogP contribution in [0.5, 0.6) is 5.75 Å². The van der Waals surface area contributed by atoms with Crippen LogP contribution in [-0.2, 0) is 13.7 Å². The maximum Gasteiger partial charge on any atom is 0.134 e. The fourth-order valence-corrected chi connectivity index (χ4v) is 2.31. The molecule has 0 unspecified atom stereocenters. The van der Waals surface area contributed by atoms with Gasteiger partial charge in [-0.15, -0.1) is 5.10 Å². The van der Waals surface area contributed by atoms with Crippen molar-refractivity contribution in [3.63, 3.8) is 0 Å². The van der Waals surface area contributed by atoms with E-state index in [0.29, 0.717) is 6.61 Å². The molecule has 0 amide bonds. The maximum absolute atomic E-state index is 5.78. The Balaban J connectivity index is 1.64. The van der Waals surface area contributed by atoms with Gasteiger partial charge in [0.2, 0.25) is 0 Å². The number of aryl methyl sites for hydroxylation is 1. The van der Waals surface area contributed by atoms with E-state index in [2.05, 4.69) is 32.7 Å². The fraction of sp³-hybridized carbons (Fsp3) is 0.429. The first-order chi connectivity index (χ1) is 9.81. The van der Waals surface area contributed by atoms with Crippen molar-refractivity contribution in [2.45, 2.75) is 6.61 Å². The topological polar surface area (TPSA) is 55.2 Å². The summed E-state index contributed by atoms with van der Waals surface area (Å²) in [4.78, 5) is 2.37. The van der Waals surface area contributed by atoms with E-state index in [0.717, 1.165) is 37.6 Å². The summed E-state index contributed by atoms with van der Waals surface area (Å²) in [6, 6.07) is 8.22. The molecule has 1 aromatic heterocycles. The lowest BCUT2D eigenvalue weighted by Crippen LogP contribution is -2.43. The largest absolute Gasteiger partial charge is 0.487 e. The van der Waals surface area contributed by atoms with Crippen molar-refractivity contribution < 1.29 is 4.74 Å². The molecular formula is C14H19N5O. The highest BCUT2D eigenvalue weighted by molar-refractivity contribution is 5.51. The molecule has 1 aliphatic rings. The second-order valence-electron chi connectivity index (χ2n) is 4.91.